The second kappa shape index (κ2) is 43.3. The maximum absolute atomic E-state index is 13.6. The predicted octanol–water partition coefficient (Wildman–Crippen LogP) is 18.9. The van der Waals surface area contributed by atoms with E-state index in [0.29, 0.717) is 57.5 Å². The van der Waals surface area contributed by atoms with E-state index in [1.54, 1.807) is 91.1 Å². The van der Waals surface area contributed by atoms with Crippen molar-refractivity contribution in [3.63, 3.8) is 0 Å². The van der Waals surface area contributed by atoms with E-state index in [9.17, 15) is 23.6 Å². The van der Waals surface area contributed by atoms with Crippen LogP contribution in [-0.4, -0.2) is 178 Å². The number of anilines is 12. The summed E-state index contributed by atoms with van der Waals surface area (Å²) in [5.74, 6) is 3.76. The number of nitrogens with zero attached hydrogens (tertiary/aromatic N) is 18. The van der Waals surface area contributed by atoms with Gasteiger partial charge in [-0.3, -0.25) is 49.1 Å². The summed E-state index contributed by atoms with van der Waals surface area (Å²) in [4.78, 5) is 114. The molecule has 131 heavy (non-hydrogen) atoms. The van der Waals surface area contributed by atoms with Crippen molar-refractivity contribution < 1.29 is 23.6 Å². The lowest BCUT2D eigenvalue weighted by Crippen LogP contribution is -2.47. The molecular formula is C103H115FN22O4S. The maximum atomic E-state index is 13.6. The number of carbonyl (C=O) groups is 4. The van der Waals surface area contributed by atoms with E-state index in [0.717, 1.165) is 195 Å². The predicted molar refractivity (Wildman–Crippen MR) is 526 cm³/mol. The molecule has 4 amide bonds. The van der Waals surface area contributed by atoms with Gasteiger partial charge in [-0.05, 0) is 176 Å². The number of nitrogens with one attached hydrogen (secondary N) is 4. The number of halogens is 1. The number of hydrogen-bond donors (Lipinski definition) is 4. The third kappa shape index (κ3) is 23.7. The maximum Gasteiger partial charge on any atom is 0.257 e. The van der Waals surface area contributed by atoms with Gasteiger partial charge in [0, 0.05) is 188 Å². The fourth-order valence-electron chi connectivity index (χ4n) is 16.3. The molecule has 13 aromatic rings. The molecule has 674 valence electrons. The zero-order valence-corrected chi connectivity index (χ0v) is 77.0. The van der Waals surface area contributed by atoms with E-state index in [-0.39, 0.29) is 23.6 Å². The molecule has 0 spiro atoms. The average molecular weight is 1780 g/mol. The molecule has 26 nitrogen and oxygen atoms in total. The molecule has 4 N–H and O–H groups in total. The average Bonchev–Trinajstić information content (AvgIpc) is 1.33. The van der Waals surface area contributed by atoms with Gasteiger partial charge < -0.3 is 60.5 Å². The summed E-state index contributed by atoms with van der Waals surface area (Å²) in [7, 11) is 0. The van der Waals surface area contributed by atoms with Crippen LogP contribution in [0, 0.1) is 19.7 Å². The Hall–Kier alpha value is -14.2. The first-order valence-electron chi connectivity index (χ1n) is 45.3. The van der Waals surface area contributed by atoms with Gasteiger partial charge in [-0.1, -0.05) is 116 Å². The van der Waals surface area contributed by atoms with Gasteiger partial charge in [0.1, 0.15) is 23.3 Å². The van der Waals surface area contributed by atoms with E-state index in [4.69, 9.17) is 9.97 Å². The molecule has 4 saturated heterocycles. The number of carbonyl (C=O) groups excluding carboxylic acids is 4. The fourth-order valence-corrected chi connectivity index (χ4v) is 17.0. The molecule has 0 radical (unpaired) electrons. The molecule has 1 saturated carbocycles. The molecule has 28 heteroatoms. The largest absolute Gasteiger partial charge is 0.366 e. The Bertz CT molecular complexity index is 6020. The fraction of sp³-hybridized carbons (Fsp3) is 0.320. The molecule has 0 atom stereocenters. The van der Waals surface area contributed by atoms with Gasteiger partial charge in [0.2, 0.25) is 0 Å². The van der Waals surface area contributed by atoms with Crippen LogP contribution in [0.4, 0.5) is 72.5 Å². The first-order chi connectivity index (χ1) is 63.6. The SMILES string of the molecule is CC(C)c1ccc(NC(=O)c2cccc(F)c2)c(N2CCN(c3cnccn3)CC2)c1.CC(C)c1ccc(NC(=O)c2cccnc2)c(N2CCN(c3nccs3)CC2)c1.Cc1ncccc1C(=O)Nc1ccc(C(C)C)cc1N1CCN(c2cncc(-c3ccccc3)n2)CC1.Cc1ncccc1C(=O)Nc1ccc(C(C)C)cc1N1CCN(c2cncc(C3CC3)n2)CC1. The highest BCUT2D eigenvalue weighted by atomic mass is 32.1. The number of benzene rings is 6. The van der Waals surface area contributed by atoms with Gasteiger partial charge in [0.15, 0.2) is 5.13 Å². The minimum Gasteiger partial charge on any atom is -0.366 e. The van der Waals surface area contributed by atoms with E-state index in [1.807, 2.05) is 111 Å². The summed E-state index contributed by atoms with van der Waals surface area (Å²) in [5, 5.41) is 15.4. The van der Waals surface area contributed by atoms with Crippen molar-refractivity contribution in [3.05, 3.63) is 311 Å². The van der Waals surface area contributed by atoms with Crippen LogP contribution in [-0.2, 0) is 0 Å². The smallest absolute Gasteiger partial charge is 0.257 e. The summed E-state index contributed by atoms with van der Waals surface area (Å²) in [5.41, 5.74) is 18.9. The lowest BCUT2D eigenvalue weighted by molar-refractivity contribution is 0.101. The van der Waals surface area contributed by atoms with Crippen LogP contribution in [0.5, 0.6) is 0 Å². The molecule has 0 unspecified atom stereocenters. The van der Waals surface area contributed by atoms with E-state index in [1.165, 1.54) is 47.2 Å². The van der Waals surface area contributed by atoms with Crippen molar-refractivity contribution in [2.24, 2.45) is 0 Å². The summed E-state index contributed by atoms with van der Waals surface area (Å²) < 4.78 is 13.6. The number of pyridine rings is 3. The van der Waals surface area contributed by atoms with Crippen LogP contribution in [0.1, 0.15) is 179 Å². The Morgan fingerprint density at radius 3 is 1.18 bits per heavy atom. The van der Waals surface area contributed by atoms with E-state index >= 15 is 0 Å². The molecule has 11 heterocycles. The lowest BCUT2D eigenvalue weighted by atomic mass is 10.0. The van der Waals surface area contributed by atoms with Gasteiger partial charge in [-0.25, -0.2) is 24.3 Å². The summed E-state index contributed by atoms with van der Waals surface area (Å²) >= 11 is 1.68. The van der Waals surface area contributed by atoms with Crippen molar-refractivity contribution >= 4 is 103 Å². The van der Waals surface area contributed by atoms with Crippen molar-refractivity contribution in [2.45, 2.75) is 112 Å². The molecule has 1 aliphatic carbocycles. The highest BCUT2D eigenvalue weighted by molar-refractivity contribution is 7.13. The highest BCUT2D eigenvalue weighted by Crippen LogP contribution is 2.41. The number of amides is 4. The second-order valence-electron chi connectivity index (χ2n) is 34.5. The Morgan fingerprint density at radius 1 is 0.351 bits per heavy atom. The molecule has 5 fully saturated rings. The van der Waals surface area contributed by atoms with Crippen LogP contribution in [0.2, 0.25) is 0 Å². The molecule has 4 aliphatic heterocycles. The normalized spacial score (nSPS) is 14.5. The van der Waals surface area contributed by atoms with Gasteiger partial charge >= 0.3 is 0 Å². The van der Waals surface area contributed by atoms with Crippen LogP contribution >= 0.6 is 11.3 Å². The topological polar surface area (TPSA) is 271 Å². The zero-order chi connectivity index (χ0) is 91.4. The van der Waals surface area contributed by atoms with Crippen molar-refractivity contribution in [1.82, 2.24) is 49.8 Å². The molecule has 6 aromatic carbocycles. The highest BCUT2D eigenvalue weighted by Gasteiger charge is 2.31. The number of thiazole rings is 1. The molecule has 0 bridgehead atoms. The molecule has 7 aromatic heterocycles. The number of hydrogen-bond acceptors (Lipinski definition) is 23. The number of piperazine rings is 4. The third-order valence-corrected chi connectivity index (χ3v) is 25.1. The second-order valence-corrected chi connectivity index (χ2v) is 35.4. The number of aryl methyl sites for hydroxylation is 2. The molecule has 5 aliphatic rings. The first kappa shape index (κ1) is 91.6. The van der Waals surface area contributed by atoms with Crippen LogP contribution in [0.25, 0.3) is 11.3 Å². The lowest BCUT2D eigenvalue weighted by Gasteiger charge is -2.37. The van der Waals surface area contributed by atoms with E-state index in [2.05, 4.69) is 210 Å². The number of aromatic nitrogens is 10. The minimum atomic E-state index is -0.428. The van der Waals surface area contributed by atoms with Crippen LogP contribution < -0.4 is 60.5 Å². The van der Waals surface area contributed by atoms with Crippen molar-refractivity contribution in [1.29, 1.82) is 0 Å². The Balaban J connectivity index is 0.000000134. The number of rotatable bonds is 22. The van der Waals surface area contributed by atoms with Gasteiger partial charge in [0.25, 0.3) is 23.6 Å². The molecular weight excluding hydrogens is 1660 g/mol. The standard InChI is InChI=1S/C30H32N6O.C27H32N6O.C24H26FN5O.C22H25N5OS/c1-21(2)24-11-12-26(34-30(37)25-10-7-13-32-22(25)3)28(18-24)35-14-16-36(17-15-35)29-20-31-19-27(33-29)23-8-5-4-6-9-23;1-18(2)21-8-9-23(31-27(34)22-5-4-10-29-19(22)3)25(15-21)32-11-13-33(14-12-32)26-17-28-16-24(30-26)20-6-7-20;1-17(2)18-6-7-21(28-24(31)19-4-3-5-20(25)14-19)22(15-18)29-10-12-30(13-11-29)23-16-26-8-9-27-23;1-16(2)17-5-6-19(25-21(28)18-4-3-7-23-15-18)20(14-17)26-9-11-27(12-10-26)22-24-8-13-29-22/h4-13,18-21H,14-17H2,1-3H3,(H,34,37);4-5,8-10,15-18,20H,6-7,11-14H2,1-3H3,(H,31,34);3-9,14-17H,10-13H2,1-2H3,(H,28,31);3-8,13-16H,9-12H2,1-2H3,(H,25,28). The Labute approximate surface area is 771 Å². The summed E-state index contributed by atoms with van der Waals surface area (Å²) in [6.45, 7) is 34.6. The minimum absolute atomic E-state index is 0.130. The zero-order valence-electron chi connectivity index (χ0n) is 76.2. The van der Waals surface area contributed by atoms with Gasteiger partial charge in [-0.2, -0.15) is 0 Å². The van der Waals surface area contributed by atoms with Crippen LogP contribution in [0.15, 0.2) is 244 Å². The van der Waals surface area contributed by atoms with Gasteiger partial charge in [0.05, 0.1) is 98.4 Å². The Kier molecular flexibility index (Phi) is 30.3. The third-order valence-electron chi connectivity index (χ3n) is 24.3. The summed E-state index contributed by atoms with van der Waals surface area (Å²) in [6, 6.07) is 51.8. The van der Waals surface area contributed by atoms with Gasteiger partial charge in [-0.15, -0.1) is 11.3 Å². The van der Waals surface area contributed by atoms with Crippen molar-refractivity contribution in [3.8, 4) is 11.3 Å². The summed E-state index contributed by atoms with van der Waals surface area (Å²) in [6.07, 6.45) is 23.6. The Morgan fingerprint density at radius 2 is 0.763 bits per heavy atom. The monoisotopic (exact) mass is 1770 g/mol. The van der Waals surface area contributed by atoms with E-state index < -0.39 is 5.82 Å². The van der Waals surface area contributed by atoms with Crippen LogP contribution in [0.3, 0.4) is 0 Å². The first-order valence-corrected chi connectivity index (χ1v) is 46.1. The van der Waals surface area contributed by atoms with Crippen molar-refractivity contribution in [2.75, 3.05) is 165 Å². The quantitative estimate of drug-likeness (QED) is 0.0491. The molecule has 18 rings (SSSR count).